The van der Waals surface area contributed by atoms with Crippen LogP contribution in [0.2, 0.25) is 0 Å². The zero-order valence-corrected chi connectivity index (χ0v) is 15.6. The Bertz CT molecular complexity index is 1020. The Morgan fingerprint density at radius 1 is 1.18 bits per heavy atom. The number of aromatic nitrogens is 2. The second-order valence-corrected chi connectivity index (χ2v) is 6.13. The number of anilines is 2. The highest BCUT2D eigenvalue weighted by Crippen LogP contribution is 2.18. The van der Waals surface area contributed by atoms with Gasteiger partial charge in [0.2, 0.25) is 0 Å². The van der Waals surface area contributed by atoms with Crippen molar-refractivity contribution in [3.63, 3.8) is 0 Å². The molecule has 2 heterocycles. The third-order valence-electron chi connectivity index (χ3n) is 3.83. The molecule has 8 nitrogen and oxygen atoms in total. The van der Waals surface area contributed by atoms with Crippen LogP contribution in [0, 0.1) is 12.7 Å². The summed E-state index contributed by atoms with van der Waals surface area (Å²) < 4.78 is 25.8. The van der Waals surface area contributed by atoms with Gasteiger partial charge < -0.3 is 19.8 Å². The summed E-state index contributed by atoms with van der Waals surface area (Å²) in [5.74, 6) is -0.756. The van der Waals surface area contributed by atoms with Gasteiger partial charge in [-0.1, -0.05) is 0 Å². The molecule has 0 unspecified atom stereocenters. The van der Waals surface area contributed by atoms with Gasteiger partial charge in [-0.3, -0.25) is 14.3 Å². The average Bonchev–Trinajstić information content (AvgIpc) is 3.21. The van der Waals surface area contributed by atoms with Crippen LogP contribution in [-0.2, 0) is 18.4 Å². The molecule has 0 bridgehead atoms. The van der Waals surface area contributed by atoms with E-state index < -0.39 is 17.6 Å². The van der Waals surface area contributed by atoms with E-state index in [4.69, 9.17) is 9.15 Å². The summed E-state index contributed by atoms with van der Waals surface area (Å²) >= 11 is 0. The van der Waals surface area contributed by atoms with E-state index in [1.807, 2.05) is 0 Å². The van der Waals surface area contributed by atoms with E-state index in [9.17, 15) is 14.0 Å². The smallest absolute Gasteiger partial charge is 0.291 e. The predicted octanol–water partition coefficient (Wildman–Crippen LogP) is 3.11. The lowest BCUT2D eigenvalue weighted by Crippen LogP contribution is -2.16. The van der Waals surface area contributed by atoms with Crippen LogP contribution in [0.15, 0.2) is 40.8 Å². The largest absolute Gasteiger partial charge is 0.453 e. The van der Waals surface area contributed by atoms with Gasteiger partial charge in [0.05, 0.1) is 5.69 Å². The lowest BCUT2D eigenvalue weighted by molar-refractivity contribution is 0.0985. The number of nitrogens with one attached hydrogen (secondary N) is 2. The topological polar surface area (TPSA) is 98.4 Å². The molecule has 0 fully saturated rings. The highest BCUT2D eigenvalue weighted by Gasteiger charge is 2.15. The number of aryl methyl sites for hydroxylation is 2. The van der Waals surface area contributed by atoms with Crippen molar-refractivity contribution in [1.29, 1.82) is 0 Å². The first kappa shape index (κ1) is 19.3. The summed E-state index contributed by atoms with van der Waals surface area (Å²) in [4.78, 5) is 24.7. The summed E-state index contributed by atoms with van der Waals surface area (Å²) in [6.45, 7) is 2.02. The lowest BCUT2D eigenvalue weighted by Gasteiger charge is -2.08. The van der Waals surface area contributed by atoms with Crippen molar-refractivity contribution in [3.05, 3.63) is 65.0 Å². The Morgan fingerprint density at radius 2 is 1.96 bits per heavy atom. The molecule has 2 amide bonds. The number of rotatable bonds is 6. The second-order valence-electron chi connectivity index (χ2n) is 6.13. The van der Waals surface area contributed by atoms with Crippen molar-refractivity contribution in [2.24, 2.45) is 7.05 Å². The van der Waals surface area contributed by atoms with E-state index in [2.05, 4.69) is 15.7 Å². The van der Waals surface area contributed by atoms with Gasteiger partial charge in [-0.05, 0) is 37.3 Å². The Kier molecular flexibility index (Phi) is 5.55. The molecule has 1 aromatic carbocycles. The minimum atomic E-state index is -0.663. The molecular weight excluding hydrogens is 367 g/mol. The number of halogens is 1. The Morgan fingerprint density at radius 3 is 2.64 bits per heavy atom. The first-order chi connectivity index (χ1) is 13.4. The molecule has 0 aliphatic heterocycles. The van der Waals surface area contributed by atoms with E-state index >= 15 is 0 Å². The predicted molar refractivity (Wildman–Crippen MR) is 99.7 cm³/mol. The minimum Gasteiger partial charge on any atom is -0.453 e. The summed E-state index contributed by atoms with van der Waals surface area (Å²) in [5.41, 5.74) is 0.908. The van der Waals surface area contributed by atoms with Crippen LogP contribution in [0.4, 0.5) is 15.9 Å². The fourth-order valence-corrected chi connectivity index (χ4v) is 2.62. The van der Waals surface area contributed by atoms with Crippen molar-refractivity contribution in [2.75, 3.05) is 17.7 Å². The van der Waals surface area contributed by atoms with Crippen molar-refractivity contribution < 1.29 is 23.1 Å². The van der Waals surface area contributed by atoms with E-state index in [0.29, 0.717) is 11.6 Å². The number of hydrogen-bond acceptors (Lipinski definition) is 5. The van der Waals surface area contributed by atoms with E-state index in [1.165, 1.54) is 23.9 Å². The monoisotopic (exact) mass is 386 g/mol. The number of methoxy groups -OCH3 is 1. The molecule has 0 saturated carbocycles. The summed E-state index contributed by atoms with van der Waals surface area (Å²) in [6, 6.07) is 8.35. The standard InChI is InChI=1S/C19H19FN4O4/c1-11-6-17(24(2)23-11)22-18(25)12-7-13(20)9-14(8-12)21-19(26)16-5-4-15(28-16)10-27-3/h4-9H,10H2,1-3H3,(H,21,26)(H,22,25). The van der Waals surface area contributed by atoms with Crippen LogP contribution in [0.5, 0.6) is 0 Å². The zero-order valence-electron chi connectivity index (χ0n) is 15.6. The zero-order chi connectivity index (χ0) is 20.3. The first-order valence-corrected chi connectivity index (χ1v) is 8.37. The van der Waals surface area contributed by atoms with Gasteiger partial charge in [0.15, 0.2) is 5.76 Å². The molecule has 9 heteroatoms. The van der Waals surface area contributed by atoms with Gasteiger partial charge in [-0.2, -0.15) is 5.10 Å². The van der Waals surface area contributed by atoms with Crippen LogP contribution in [0.25, 0.3) is 0 Å². The second kappa shape index (κ2) is 8.05. The van der Waals surface area contributed by atoms with Crippen LogP contribution in [0.1, 0.15) is 32.4 Å². The number of carbonyl (C=O) groups excluding carboxylic acids is 2. The molecule has 146 valence electrons. The third-order valence-corrected chi connectivity index (χ3v) is 3.83. The van der Waals surface area contributed by atoms with Crippen LogP contribution < -0.4 is 10.6 Å². The van der Waals surface area contributed by atoms with Gasteiger partial charge in [-0.15, -0.1) is 0 Å². The van der Waals surface area contributed by atoms with Crippen molar-refractivity contribution in [1.82, 2.24) is 9.78 Å². The Balaban J connectivity index is 1.75. The molecule has 28 heavy (non-hydrogen) atoms. The van der Waals surface area contributed by atoms with Gasteiger partial charge in [0, 0.05) is 31.5 Å². The van der Waals surface area contributed by atoms with Gasteiger partial charge >= 0.3 is 0 Å². The number of ether oxygens (including phenoxy) is 1. The quantitative estimate of drug-likeness (QED) is 0.678. The maximum absolute atomic E-state index is 14.0. The number of hydrogen-bond donors (Lipinski definition) is 2. The average molecular weight is 386 g/mol. The van der Waals surface area contributed by atoms with Gasteiger partial charge in [0.1, 0.15) is 24.0 Å². The third kappa shape index (κ3) is 4.44. The molecule has 0 saturated heterocycles. The fraction of sp³-hybridized carbons (Fsp3) is 0.211. The summed E-state index contributed by atoms with van der Waals surface area (Å²) in [6.07, 6.45) is 0. The minimum absolute atomic E-state index is 0.0488. The molecule has 2 aromatic heterocycles. The normalized spacial score (nSPS) is 10.7. The van der Waals surface area contributed by atoms with Crippen molar-refractivity contribution >= 4 is 23.3 Å². The van der Waals surface area contributed by atoms with E-state index in [0.717, 1.165) is 17.8 Å². The number of furan rings is 1. The molecular formula is C19H19FN4O4. The van der Waals surface area contributed by atoms with Crippen molar-refractivity contribution in [2.45, 2.75) is 13.5 Å². The highest BCUT2D eigenvalue weighted by molar-refractivity contribution is 6.06. The first-order valence-electron chi connectivity index (χ1n) is 8.37. The molecule has 0 aliphatic carbocycles. The summed E-state index contributed by atoms with van der Waals surface area (Å²) in [7, 11) is 3.19. The number of carbonyl (C=O) groups is 2. The molecule has 2 N–H and O–H groups in total. The van der Waals surface area contributed by atoms with Crippen molar-refractivity contribution in [3.8, 4) is 0 Å². The fourth-order valence-electron chi connectivity index (χ4n) is 2.62. The van der Waals surface area contributed by atoms with Crippen LogP contribution in [0.3, 0.4) is 0 Å². The highest BCUT2D eigenvalue weighted by atomic mass is 19.1. The molecule has 3 rings (SSSR count). The van der Waals surface area contributed by atoms with Crippen LogP contribution >= 0.6 is 0 Å². The van der Waals surface area contributed by atoms with E-state index in [-0.39, 0.29) is 23.6 Å². The maximum atomic E-state index is 14.0. The molecule has 3 aromatic rings. The Hall–Kier alpha value is -3.46. The molecule has 0 aliphatic rings. The Labute approximate surface area is 160 Å². The SMILES string of the molecule is COCc1ccc(C(=O)Nc2cc(F)cc(C(=O)Nc3cc(C)nn3C)c2)o1. The number of nitrogens with zero attached hydrogens (tertiary/aromatic N) is 2. The molecule has 0 atom stereocenters. The number of benzene rings is 1. The summed E-state index contributed by atoms with van der Waals surface area (Å²) in [5, 5.41) is 9.30. The molecule has 0 radical (unpaired) electrons. The number of amides is 2. The molecule has 0 spiro atoms. The van der Waals surface area contributed by atoms with Gasteiger partial charge in [-0.25, -0.2) is 4.39 Å². The van der Waals surface area contributed by atoms with Gasteiger partial charge in [0.25, 0.3) is 11.8 Å². The maximum Gasteiger partial charge on any atom is 0.291 e. The van der Waals surface area contributed by atoms with Crippen LogP contribution in [-0.4, -0.2) is 28.7 Å². The van der Waals surface area contributed by atoms with E-state index in [1.54, 1.807) is 26.1 Å². The lowest BCUT2D eigenvalue weighted by atomic mass is 10.1.